The highest BCUT2D eigenvalue weighted by Gasteiger charge is 2.13. The molecule has 0 aromatic carbocycles. The maximum atomic E-state index is 11.7. The Balaban J connectivity index is 3.67. The highest BCUT2D eigenvalue weighted by Crippen LogP contribution is 1.96. The van der Waals surface area contributed by atoms with Gasteiger partial charge in [0.25, 0.3) is 6.43 Å². The van der Waals surface area contributed by atoms with Gasteiger partial charge in [0.05, 0.1) is 20.1 Å². The summed E-state index contributed by atoms with van der Waals surface area (Å²) in [7, 11) is 2.64. The van der Waals surface area contributed by atoms with Crippen LogP contribution < -0.4 is 0 Å². The van der Waals surface area contributed by atoms with E-state index in [9.17, 15) is 18.4 Å². The molecule has 5 nitrogen and oxygen atoms in total. The van der Waals surface area contributed by atoms with E-state index in [-0.39, 0.29) is 25.5 Å². The Labute approximate surface area is 92.3 Å². The Hall–Kier alpha value is -1.24. The fraction of sp³-hybridized carbons (Fsp3) is 0.778. The summed E-state index contributed by atoms with van der Waals surface area (Å²) >= 11 is 0. The number of carbonyl (C=O) groups is 2. The molecule has 0 aliphatic carbocycles. The van der Waals surface area contributed by atoms with Crippen molar-refractivity contribution in [3.8, 4) is 0 Å². The van der Waals surface area contributed by atoms with E-state index in [4.69, 9.17) is 0 Å². The Morgan fingerprint density at radius 1 is 1.38 bits per heavy atom. The van der Waals surface area contributed by atoms with Gasteiger partial charge in [-0.2, -0.15) is 0 Å². The third-order valence-electron chi connectivity index (χ3n) is 1.72. The first-order valence-electron chi connectivity index (χ1n) is 4.64. The highest BCUT2D eigenvalue weighted by atomic mass is 19.3. The lowest BCUT2D eigenvalue weighted by Gasteiger charge is -2.15. The van der Waals surface area contributed by atoms with Crippen molar-refractivity contribution in [2.45, 2.75) is 12.8 Å². The molecule has 0 N–H and O–H groups in total. The topological polar surface area (TPSA) is 55.8 Å². The number of methoxy groups -OCH3 is 1. The van der Waals surface area contributed by atoms with Gasteiger partial charge in [-0.3, -0.25) is 9.59 Å². The van der Waals surface area contributed by atoms with Crippen LogP contribution in [-0.2, 0) is 19.1 Å². The Morgan fingerprint density at radius 2 is 2.00 bits per heavy atom. The first-order chi connectivity index (χ1) is 7.47. The number of nitrogens with zero attached hydrogens (tertiary/aromatic N) is 1. The van der Waals surface area contributed by atoms with Crippen LogP contribution in [0.2, 0.25) is 0 Å². The molecule has 0 saturated heterocycles. The minimum atomic E-state index is -2.54. The van der Waals surface area contributed by atoms with Crippen molar-refractivity contribution in [3.63, 3.8) is 0 Å². The van der Waals surface area contributed by atoms with Crippen LogP contribution in [0.5, 0.6) is 0 Å². The number of halogens is 2. The van der Waals surface area contributed by atoms with Crippen LogP contribution in [0.3, 0.4) is 0 Å². The Morgan fingerprint density at radius 3 is 2.50 bits per heavy atom. The maximum Gasteiger partial charge on any atom is 0.325 e. The molecule has 1 amide bonds. The number of hydrogen-bond acceptors (Lipinski definition) is 4. The van der Waals surface area contributed by atoms with Crippen molar-refractivity contribution in [1.29, 1.82) is 0 Å². The number of amides is 1. The van der Waals surface area contributed by atoms with Gasteiger partial charge in [-0.15, -0.1) is 0 Å². The minimum absolute atomic E-state index is 0.0415. The van der Waals surface area contributed by atoms with Gasteiger partial charge in [-0.1, -0.05) is 0 Å². The fourth-order valence-corrected chi connectivity index (χ4v) is 0.869. The van der Waals surface area contributed by atoms with Crippen molar-refractivity contribution < 1.29 is 27.8 Å². The fourth-order valence-electron chi connectivity index (χ4n) is 0.869. The average molecular weight is 239 g/mol. The zero-order valence-electron chi connectivity index (χ0n) is 9.24. The van der Waals surface area contributed by atoms with E-state index in [1.807, 2.05) is 0 Å². The van der Waals surface area contributed by atoms with Gasteiger partial charge in [0.15, 0.2) is 0 Å². The van der Waals surface area contributed by atoms with Gasteiger partial charge < -0.3 is 14.4 Å². The summed E-state index contributed by atoms with van der Waals surface area (Å²) in [5.74, 6) is -0.899. The number of rotatable bonds is 7. The molecule has 0 aromatic rings. The van der Waals surface area contributed by atoms with E-state index in [2.05, 4.69) is 9.47 Å². The normalized spacial score (nSPS) is 10.3. The summed E-state index contributed by atoms with van der Waals surface area (Å²) in [6.07, 6.45) is -2.58. The number of likely N-dealkylation sites (N-methyl/N-ethyl adjacent to an activating group) is 1. The van der Waals surface area contributed by atoms with Crippen LogP contribution >= 0.6 is 0 Å². The molecular weight excluding hydrogens is 224 g/mol. The summed E-state index contributed by atoms with van der Waals surface area (Å²) in [4.78, 5) is 23.2. The Bertz CT molecular complexity index is 236. The largest absolute Gasteiger partial charge is 0.468 e. The second kappa shape index (κ2) is 7.98. The summed E-state index contributed by atoms with van der Waals surface area (Å²) < 4.78 is 32.2. The van der Waals surface area contributed by atoms with Crippen molar-refractivity contribution in [1.82, 2.24) is 4.90 Å². The van der Waals surface area contributed by atoms with Gasteiger partial charge in [0, 0.05) is 7.05 Å². The molecule has 0 heterocycles. The first-order valence-corrected chi connectivity index (χ1v) is 4.64. The third-order valence-corrected chi connectivity index (χ3v) is 1.72. The molecule has 94 valence electrons. The molecule has 0 aromatic heterocycles. The summed E-state index contributed by atoms with van der Waals surface area (Å²) in [5, 5.41) is 0. The molecule has 16 heavy (non-hydrogen) atoms. The van der Waals surface area contributed by atoms with Crippen LogP contribution in [-0.4, -0.2) is 57.1 Å². The van der Waals surface area contributed by atoms with Crippen LogP contribution in [0.25, 0.3) is 0 Å². The second-order valence-electron chi connectivity index (χ2n) is 3.04. The summed E-state index contributed by atoms with van der Waals surface area (Å²) in [6.45, 7) is -0.938. The number of hydrogen-bond donors (Lipinski definition) is 0. The molecular formula is C9H15F2NO4. The maximum absolute atomic E-state index is 11.7. The number of ether oxygens (including phenoxy) is 2. The number of alkyl halides is 2. The van der Waals surface area contributed by atoms with Crippen molar-refractivity contribution >= 4 is 11.9 Å². The second-order valence-corrected chi connectivity index (χ2v) is 3.04. The lowest BCUT2D eigenvalue weighted by molar-refractivity contribution is -0.146. The zero-order chi connectivity index (χ0) is 12.6. The van der Waals surface area contributed by atoms with Gasteiger partial charge in [0.1, 0.15) is 13.2 Å². The van der Waals surface area contributed by atoms with Crippen molar-refractivity contribution in [2.24, 2.45) is 0 Å². The van der Waals surface area contributed by atoms with Gasteiger partial charge in [0.2, 0.25) is 5.91 Å². The summed E-state index contributed by atoms with van der Waals surface area (Å²) in [6, 6.07) is 0. The molecule has 0 radical (unpaired) electrons. The van der Waals surface area contributed by atoms with Crippen LogP contribution in [0, 0.1) is 0 Å². The minimum Gasteiger partial charge on any atom is -0.468 e. The monoisotopic (exact) mass is 239 g/mol. The SMILES string of the molecule is COC(=O)CN(C)C(=O)CCOCC(F)F. The molecule has 0 aliphatic rings. The lowest BCUT2D eigenvalue weighted by Crippen LogP contribution is -2.33. The van der Waals surface area contributed by atoms with Crippen molar-refractivity contribution in [2.75, 3.05) is 33.9 Å². The molecule has 0 atom stereocenters. The third kappa shape index (κ3) is 7.10. The van der Waals surface area contributed by atoms with E-state index < -0.39 is 19.0 Å². The van der Waals surface area contributed by atoms with Crippen LogP contribution in [0.1, 0.15) is 6.42 Å². The van der Waals surface area contributed by atoms with Crippen LogP contribution in [0.15, 0.2) is 0 Å². The summed E-state index contributed by atoms with van der Waals surface area (Å²) in [5.41, 5.74) is 0. The van der Waals surface area contributed by atoms with Crippen molar-refractivity contribution in [3.05, 3.63) is 0 Å². The van der Waals surface area contributed by atoms with E-state index in [1.165, 1.54) is 14.2 Å². The molecule has 0 aliphatic heterocycles. The van der Waals surface area contributed by atoms with Gasteiger partial charge in [-0.25, -0.2) is 8.78 Å². The predicted molar refractivity (Wildman–Crippen MR) is 51.1 cm³/mol. The zero-order valence-corrected chi connectivity index (χ0v) is 9.24. The molecule has 0 unspecified atom stereocenters. The lowest BCUT2D eigenvalue weighted by atomic mass is 10.4. The number of carbonyl (C=O) groups excluding carboxylic acids is 2. The first kappa shape index (κ1) is 14.8. The van der Waals surface area contributed by atoms with Gasteiger partial charge >= 0.3 is 5.97 Å². The van der Waals surface area contributed by atoms with E-state index in [1.54, 1.807) is 0 Å². The average Bonchev–Trinajstić information content (AvgIpc) is 2.23. The smallest absolute Gasteiger partial charge is 0.325 e. The molecule has 7 heteroatoms. The highest BCUT2D eigenvalue weighted by molar-refractivity contribution is 5.81. The van der Waals surface area contributed by atoms with Crippen LogP contribution in [0.4, 0.5) is 8.78 Å². The molecule has 0 rings (SSSR count). The molecule has 0 saturated carbocycles. The predicted octanol–water partition coefficient (Wildman–Crippen LogP) is 0.290. The molecule has 0 fully saturated rings. The molecule has 0 bridgehead atoms. The van der Waals surface area contributed by atoms with E-state index in [0.29, 0.717) is 0 Å². The quantitative estimate of drug-likeness (QED) is 0.473. The van der Waals surface area contributed by atoms with E-state index in [0.717, 1.165) is 4.90 Å². The van der Waals surface area contributed by atoms with Gasteiger partial charge in [-0.05, 0) is 0 Å². The standard InChI is InChI=1S/C9H15F2NO4/c1-12(5-9(14)15-2)8(13)3-4-16-6-7(10)11/h7H,3-6H2,1-2H3. The Kier molecular flexibility index (Phi) is 7.36. The molecule has 0 spiro atoms. The van der Waals surface area contributed by atoms with E-state index >= 15 is 0 Å². The number of esters is 1.